The Balaban J connectivity index is 2.01. The predicted octanol–water partition coefficient (Wildman–Crippen LogP) is 2.32. The van der Waals surface area contributed by atoms with Crippen molar-refractivity contribution >= 4 is 0 Å². The molecule has 1 aromatic rings. The summed E-state index contributed by atoms with van der Waals surface area (Å²) in [4.78, 5) is 2.25. The molecule has 1 aliphatic rings. The SMILES string of the molecule is CC(NC1CCN(C)C1)c1cc(F)cc(F)c1. The third-order valence-electron chi connectivity index (χ3n) is 3.26. The molecule has 1 aromatic carbocycles. The summed E-state index contributed by atoms with van der Waals surface area (Å²) in [6.45, 7) is 4.00. The van der Waals surface area contributed by atoms with Gasteiger partial charge in [-0.25, -0.2) is 8.78 Å². The van der Waals surface area contributed by atoms with Crippen molar-refractivity contribution in [3.05, 3.63) is 35.4 Å². The van der Waals surface area contributed by atoms with E-state index in [2.05, 4.69) is 17.3 Å². The molecular formula is C13H18F2N2. The van der Waals surface area contributed by atoms with Crippen molar-refractivity contribution in [1.82, 2.24) is 10.2 Å². The summed E-state index contributed by atoms with van der Waals surface area (Å²) >= 11 is 0. The third-order valence-corrected chi connectivity index (χ3v) is 3.26. The van der Waals surface area contributed by atoms with Crippen LogP contribution in [-0.4, -0.2) is 31.1 Å². The van der Waals surface area contributed by atoms with Crippen LogP contribution in [0.15, 0.2) is 18.2 Å². The van der Waals surface area contributed by atoms with Gasteiger partial charge in [-0.05, 0) is 44.6 Å². The number of hydrogen-bond acceptors (Lipinski definition) is 2. The highest BCUT2D eigenvalue weighted by Gasteiger charge is 2.21. The van der Waals surface area contributed by atoms with Gasteiger partial charge in [0.1, 0.15) is 11.6 Å². The van der Waals surface area contributed by atoms with Crippen molar-refractivity contribution in [2.24, 2.45) is 0 Å². The van der Waals surface area contributed by atoms with Crippen LogP contribution in [0.3, 0.4) is 0 Å². The second-order valence-electron chi connectivity index (χ2n) is 4.84. The van der Waals surface area contributed by atoms with Gasteiger partial charge in [-0.15, -0.1) is 0 Å². The van der Waals surface area contributed by atoms with Crippen molar-refractivity contribution in [3.8, 4) is 0 Å². The van der Waals surface area contributed by atoms with Gasteiger partial charge >= 0.3 is 0 Å². The Bertz CT molecular complexity index is 375. The minimum absolute atomic E-state index is 0.0308. The van der Waals surface area contributed by atoms with E-state index in [-0.39, 0.29) is 6.04 Å². The second kappa shape index (κ2) is 5.10. The quantitative estimate of drug-likeness (QED) is 0.872. The van der Waals surface area contributed by atoms with E-state index in [1.807, 2.05) is 6.92 Å². The van der Waals surface area contributed by atoms with E-state index < -0.39 is 11.6 Å². The first kappa shape index (κ1) is 12.5. The van der Waals surface area contributed by atoms with E-state index >= 15 is 0 Å². The Morgan fingerprint density at radius 1 is 1.29 bits per heavy atom. The summed E-state index contributed by atoms with van der Waals surface area (Å²) < 4.78 is 26.2. The first-order valence-electron chi connectivity index (χ1n) is 5.95. The zero-order chi connectivity index (χ0) is 12.4. The van der Waals surface area contributed by atoms with E-state index in [0.29, 0.717) is 11.6 Å². The van der Waals surface area contributed by atoms with E-state index in [0.717, 1.165) is 25.6 Å². The minimum atomic E-state index is -0.516. The molecule has 94 valence electrons. The van der Waals surface area contributed by atoms with Crippen LogP contribution in [0, 0.1) is 11.6 Å². The van der Waals surface area contributed by atoms with Crippen LogP contribution in [0.1, 0.15) is 24.9 Å². The fraction of sp³-hybridized carbons (Fsp3) is 0.538. The second-order valence-corrected chi connectivity index (χ2v) is 4.84. The number of likely N-dealkylation sites (N-methyl/N-ethyl adjacent to an activating group) is 1. The lowest BCUT2D eigenvalue weighted by Gasteiger charge is -2.20. The van der Waals surface area contributed by atoms with Gasteiger partial charge in [-0.3, -0.25) is 0 Å². The molecule has 1 aliphatic heterocycles. The first-order chi connectivity index (χ1) is 8.04. The smallest absolute Gasteiger partial charge is 0.126 e. The molecule has 17 heavy (non-hydrogen) atoms. The lowest BCUT2D eigenvalue weighted by atomic mass is 10.1. The zero-order valence-electron chi connectivity index (χ0n) is 10.2. The fourth-order valence-corrected chi connectivity index (χ4v) is 2.35. The number of halogens is 2. The van der Waals surface area contributed by atoms with Gasteiger partial charge in [0.15, 0.2) is 0 Å². The highest BCUT2D eigenvalue weighted by atomic mass is 19.1. The number of nitrogens with zero attached hydrogens (tertiary/aromatic N) is 1. The van der Waals surface area contributed by atoms with Crippen molar-refractivity contribution in [2.45, 2.75) is 25.4 Å². The molecule has 0 aliphatic carbocycles. The number of nitrogens with one attached hydrogen (secondary N) is 1. The molecule has 0 saturated carbocycles. The zero-order valence-corrected chi connectivity index (χ0v) is 10.2. The largest absolute Gasteiger partial charge is 0.306 e. The molecule has 1 heterocycles. The van der Waals surface area contributed by atoms with Crippen LogP contribution in [-0.2, 0) is 0 Å². The topological polar surface area (TPSA) is 15.3 Å². The van der Waals surface area contributed by atoms with Crippen LogP contribution in [0.4, 0.5) is 8.78 Å². The van der Waals surface area contributed by atoms with E-state index in [4.69, 9.17) is 0 Å². The maximum absolute atomic E-state index is 13.1. The number of hydrogen-bond donors (Lipinski definition) is 1. The van der Waals surface area contributed by atoms with Crippen LogP contribution < -0.4 is 5.32 Å². The van der Waals surface area contributed by atoms with E-state index in [1.54, 1.807) is 0 Å². The Morgan fingerprint density at radius 2 is 1.94 bits per heavy atom. The Morgan fingerprint density at radius 3 is 2.47 bits per heavy atom. The van der Waals surface area contributed by atoms with E-state index in [1.165, 1.54) is 12.1 Å². The maximum Gasteiger partial charge on any atom is 0.126 e. The van der Waals surface area contributed by atoms with Gasteiger partial charge in [0, 0.05) is 24.7 Å². The monoisotopic (exact) mass is 240 g/mol. The molecule has 2 rings (SSSR count). The van der Waals surface area contributed by atoms with Crippen LogP contribution in [0.25, 0.3) is 0 Å². The predicted molar refractivity (Wildman–Crippen MR) is 63.8 cm³/mol. The molecule has 0 amide bonds. The maximum atomic E-state index is 13.1. The molecule has 1 saturated heterocycles. The first-order valence-corrected chi connectivity index (χ1v) is 5.95. The van der Waals surface area contributed by atoms with Crippen molar-refractivity contribution in [1.29, 1.82) is 0 Å². The Labute approximate surface area is 101 Å². The van der Waals surface area contributed by atoms with Crippen LogP contribution in [0.2, 0.25) is 0 Å². The molecule has 1 fully saturated rings. The summed E-state index contributed by atoms with van der Waals surface area (Å²) in [6, 6.07) is 4.05. The highest BCUT2D eigenvalue weighted by Crippen LogP contribution is 2.18. The lowest BCUT2D eigenvalue weighted by molar-refractivity contribution is 0.386. The molecule has 0 spiro atoms. The van der Waals surface area contributed by atoms with Crippen LogP contribution >= 0.6 is 0 Å². The summed E-state index contributed by atoms with van der Waals surface area (Å²) in [5.74, 6) is -1.03. The van der Waals surface area contributed by atoms with Crippen molar-refractivity contribution < 1.29 is 8.78 Å². The Kier molecular flexibility index (Phi) is 3.74. The standard InChI is InChI=1S/C13H18F2N2/c1-9(16-13-3-4-17(2)8-13)10-5-11(14)7-12(15)6-10/h5-7,9,13,16H,3-4,8H2,1-2H3. The van der Waals surface area contributed by atoms with Crippen molar-refractivity contribution in [2.75, 3.05) is 20.1 Å². The molecule has 2 nitrogen and oxygen atoms in total. The molecule has 4 heteroatoms. The van der Waals surface area contributed by atoms with Gasteiger partial charge < -0.3 is 10.2 Å². The molecule has 1 N–H and O–H groups in total. The summed E-state index contributed by atoms with van der Waals surface area (Å²) in [5, 5.41) is 3.40. The molecule has 0 bridgehead atoms. The normalized spacial score (nSPS) is 22.9. The van der Waals surface area contributed by atoms with Gasteiger partial charge in [-0.1, -0.05) is 0 Å². The molecule has 0 aromatic heterocycles. The summed E-state index contributed by atoms with van der Waals surface area (Å²) in [7, 11) is 2.08. The highest BCUT2D eigenvalue weighted by molar-refractivity contribution is 5.21. The average molecular weight is 240 g/mol. The minimum Gasteiger partial charge on any atom is -0.306 e. The third kappa shape index (κ3) is 3.23. The molecule has 2 unspecified atom stereocenters. The van der Waals surface area contributed by atoms with Gasteiger partial charge in [0.05, 0.1) is 0 Å². The fourth-order valence-electron chi connectivity index (χ4n) is 2.35. The lowest BCUT2D eigenvalue weighted by Crippen LogP contribution is -2.33. The number of likely N-dealkylation sites (tertiary alicyclic amines) is 1. The molecular weight excluding hydrogens is 222 g/mol. The van der Waals surface area contributed by atoms with Gasteiger partial charge in [0.25, 0.3) is 0 Å². The van der Waals surface area contributed by atoms with Gasteiger partial charge in [0.2, 0.25) is 0 Å². The van der Waals surface area contributed by atoms with Crippen LogP contribution in [0.5, 0.6) is 0 Å². The van der Waals surface area contributed by atoms with Gasteiger partial charge in [-0.2, -0.15) is 0 Å². The molecule has 0 radical (unpaired) electrons. The summed E-state index contributed by atoms with van der Waals surface area (Å²) in [6.07, 6.45) is 1.08. The Hall–Kier alpha value is -1.00. The summed E-state index contributed by atoms with van der Waals surface area (Å²) in [5.41, 5.74) is 0.664. The number of rotatable bonds is 3. The number of benzene rings is 1. The molecule has 2 atom stereocenters. The van der Waals surface area contributed by atoms with E-state index in [9.17, 15) is 8.78 Å². The average Bonchev–Trinajstić information content (AvgIpc) is 2.62. The van der Waals surface area contributed by atoms with Crippen molar-refractivity contribution in [3.63, 3.8) is 0 Å².